The van der Waals surface area contributed by atoms with E-state index in [0.29, 0.717) is 18.7 Å². The third-order valence-corrected chi connectivity index (χ3v) is 5.35. The molecule has 6 heteroatoms. The van der Waals surface area contributed by atoms with Crippen LogP contribution in [0.3, 0.4) is 0 Å². The Labute approximate surface area is 126 Å². The molecule has 1 fully saturated rings. The Bertz CT molecular complexity index is 569. The topological polar surface area (TPSA) is 49.4 Å². The summed E-state index contributed by atoms with van der Waals surface area (Å²) in [6.07, 6.45) is 3.57. The lowest BCUT2D eigenvalue weighted by atomic mass is 9.99. The zero-order valence-electron chi connectivity index (χ0n) is 12.5. The van der Waals surface area contributed by atoms with Gasteiger partial charge in [-0.15, -0.1) is 0 Å². The third kappa shape index (κ3) is 4.25. The summed E-state index contributed by atoms with van der Waals surface area (Å²) in [5.41, 5.74) is 0.686. The molecule has 0 spiro atoms. The van der Waals surface area contributed by atoms with Gasteiger partial charge in [-0.2, -0.15) is 0 Å². The average molecular weight is 314 g/mol. The first-order valence-electron chi connectivity index (χ1n) is 7.37. The molecule has 0 bridgehead atoms. The van der Waals surface area contributed by atoms with E-state index in [1.807, 2.05) is 19.1 Å². The Kier molecular flexibility index (Phi) is 5.35. The van der Waals surface area contributed by atoms with Crippen LogP contribution >= 0.6 is 0 Å². The highest BCUT2D eigenvalue weighted by Crippen LogP contribution is 2.23. The smallest absolute Gasteiger partial charge is 0.211 e. The molecule has 1 N–H and O–H groups in total. The van der Waals surface area contributed by atoms with Crippen LogP contribution in [0.25, 0.3) is 0 Å². The molecule has 1 aliphatic heterocycles. The summed E-state index contributed by atoms with van der Waals surface area (Å²) >= 11 is 0. The van der Waals surface area contributed by atoms with Gasteiger partial charge in [-0.25, -0.2) is 17.1 Å². The van der Waals surface area contributed by atoms with Crippen LogP contribution in [-0.4, -0.2) is 38.1 Å². The maximum atomic E-state index is 13.9. The first-order valence-corrected chi connectivity index (χ1v) is 9.22. The summed E-state index contributed by atoms with van der Waals surface area (Å²) in [5, 5.41) is 3.47. The van der Waals surface area contributed by atoms with Crippen LogP contribution in [0.5, 0.6) is 0 Å². The molecule has 0 radical (unpaired) electrons. The van der Waals surface area contributed by atoms with Crippen molar-refractivity contribution in [2.75, 3.05) is 19.3 Å². The monoisotopic (exact) mass is 314 g/mol. The minimum atomic E-state index is -3.10. The Morgan fingerprint density at radius 3 is 2.48 bits per heavy atom. The Balaban J connectivity index is 1.97. The summed E-state index contributed by atoms with van der Waals surface area (Å²) in [6, 6.07) is 7.02. The minimum absolute atomic E-state index is 0.0269. The second-order valence-corrected chi connectivity index (χ2v) is 7.57. The number of hydrogen-bond donors (Lipinski definition) is 1. The van der Waals surface area contributed by atoms with E-state index in [2.05, 4.69) is 5.32 Å². The van der Waals surface area contributed by atoms with E-state index in [1.165, 1.54) is 16.6 Å². The van der Waals surface area contributed by atoms with Crippen LogP contribution in [0.4, 0.5) is 4.39 Å². The van der Waals surface area contributed by atoms with Crippen molar-refractivity contribution in [3.05, 3.63) is 35.6 Å². The molecule has 1 atom stereocenters. The molecule has 21 heavy (non-hydrogen) atoms. The summed E-state index contributed by atoms with van der Waals surface area (Å²) in [6.45, 7) is 3.09. The van der Waals surface area contributed by atoms with Crippen LogP contribution in [0.1, 0.15) is 37.8 Å². The molecule has 1 aromatic rings. The molecule has 0 saturated carbocycles. The van der Waals surface area contributed by atoms with Crippen molar-refractivity contribution in [1.29, 1.82) is 0 Å². The molecule has 1 saturated heterocycles. The molecule has 0 aromatic heterocycles. The minimum Gasteiger partial charge on any atom is -0.307 e. The molecule has 2 rings (SSSR count). The zero-order valence-corrected chi connectivity index (χ0v) is 13.4. The normalized spacial score (nSPS) is 19.6. The zero-order chi connectivity index (χ0) is 15.5. The molecule has 0 amide bonds. The Hall–Kier alpha value is -0.980. The third-order valence-electron chi connectivity index (χ3n) is 4.05. The van der Waals surface area contributed by atoms with E-state index in [9.17, 15) is 12.8 Å². The molecular formula is C15H23FN2O2S. The van der Waals surface area contributed by atoms with E-state index in [-0.39, 0.29) is 17.9 Å². The highest BCUT2D eigenvalue weighted by atomic mass is 32.2. The van der Waals surface area contributed by atoms with Gasteiger partial charge in [-0.3, -0.25) is 0 Å². The van der Waals surface area contributed by atoms with Crippen molar-refractivity contribution < 1.29 is 12.8 Å². The van der Waals surface area contributed by atoms with Gasteiger partial charge in [0.15, 0.2) is 0 Å². The fourth-order valence-electron chi connectivity index (χ4n) is 2.82. The van der Waals surface area contributed by atoms with Gasteiger partial charge in [0.2, 0.25) is 10.0 Å². The number of piperidine rings is 1. The SMILES string of the molecule is CCC(NC1CCN(S(C)(=O)=O)CC1)c1ccccc1F. The van der Waals surface area contributed by atoms with Gasteiger partial charge >= 0.3 is 0 Å². The molecule has 1 unspecified atom stereocenters. The summed E-state index contributed by atoms with van der Waals surface area (Å²) in [4.78, 5) is 0. The summed E-state index contributed by atoms with van der Waals surface area (Å²) in [7, 11) is -3.10. The van der Waals surface area contributed by atoms with E-state index in [4.69, 9.17) is 0 Å². The highest BCUT2D eigenvalue weighted by molar-refractivity contribution is 7.88. The highest BCUT2D eigenvalue weighted by Gasteiger charge is 2.26. The molecular weight excluding hydrogens is 291 g/mol. The number of halogens is 1. The van der Waals surface area contributed by atoms with E-state index >= 15 is 0 Å². The second-order valence-electron chi connectivity index (χ2n) is 5.59. The fourth-order valence-corrected chi connectivity index (χ4v) is 3.70. The van der Waals surface area contributed by atoms with Crippen molar-refractivity contribution in [1.82, 2.24) is 9.62 Å². The number of nitrogens with zero attached hydrogens (tertiary/aromatic N) is 1. The quantitative estimate of drug-likeness (QED) is 0.907. The van der Waals surface area contributed by atoms with Crippen molar-refractivity contribution >= 4 is 10.0 Å². The standard InChI is InChI=1S/C15H23FN2O2S/c1-3-15(13-6-4-5-7-14(13)16)17-12-8-10-18(11-9-12)21(2,19)20/h4-7,12,15,17H,3,8-11H2,1-2H3. The second kappa shape index (κ2) is 6.85. The lowest BCUT2D eigenvalue weighted by Crippen LogP contribution is -2.45. The Morgan fingerprint density at radius 2 is 1.95 bits per heavy atom. The number of benzene rings is 1. The molecule has 4 nitrogen and oxygen atoms in total. The van der Waals surface area contributed by atoms with Gasteiger partial charge in [-0.1, -0.05) is 25.1 Å². The number of sulfonamides is 1. The van der Waals surface area contributed by atoms with Crippen molar-refractivity contribution in [2.45, 2.75) is 38.3 Å². The summed E-state index contributed by atoms with van der Waals surface area (Å²) < 4.78 is 38.4. The van der Waals surface area contributed by atoms with Gasteiger partial charge in [-0.05, 0) is 25.3 Å². The number of rotatable bonds is 5. The van der Waals surface area contributed by atoms with Gasteiger partial charge in [0.05, 0.1) is 6.26 Å². The molecule has 118 valence electrons. The van der Waals surface area contributed by atoms with Gasteiger partial charge in [0.25, 0.3) is 0 Å². The van der Waals surface area contributed by atoms with Crippen LogP contribution in [0.2, 0.25) is 0 Å². The fraction of sp³-hybridized carbons (Fsp3) is 0.600. The lowest BCUT2D eigenvalue weighted by Gasteiger charge is -2.33. The predicted octanol–water partition coefficient (Wildman–Crippen LogP) is 2.29. The molecule has 1 heterocycles. The first-order chi connectivity index (χ1) is 9.91. The maximum absolute atomic E-state index is 13.9. The first kappa shape index (κ1) is 16.4. The van der Waals surface area contributed by atoms with E-state index in [1.54, 1.807) is 6.07 Å². The lowest BCUT2D eigenvalue weighted by molar-refractivity contribution is 0.271. The summed E-state index contributed by atoms with van der Waals surface area (Å²) in [5.74, 6) is -0.189. The Morgan fingerprint density at radius 1 is 1.33 bits per heavy atom. The van der Waals surface area contributed by atoms with E-state index < -0.39 is 10.0 Å². The van der Waals surface area contributed by atoms with Gasteiger partial charge in [0, 0.05) is 30.7 Å². The van der Waals surface area contributed by atoms with Crippen LogP contribution in [0, 0.1) is 5.82 Å². The van der Waals surface area contributed by atoms with Crippen molar-refractivity contribution in [3.63, 3.8) is 0 Å². The van der Waals surface area contributed by atoms with Crippen LogP contribution in [-0.2, 0) is 10.0 Å². The number of nitrogens with one attached hydrogen (secondary N) is 1. The average Bonchev–Trinajstić information content (AvgIpc) is 2.45. The largest absolute Gasteiger partial charge is 0.307 e. The molecule has 1 aromatic carbocycles. The van der Waals surface area contributed by atoms with Crippen LogP contribution < -0.4 is 5.32 Å². The van der Waals surface area contributed by atoms with E-state index in [0.717, 1.165) is 19.3 Å². The molecule has 1 aliphatic rings. The van der Waals surface area contributed by atoms with Gasteiger partial charge in [0.1, 0.15) is 5.82 Å². The molecule has 0 aliphatic carbocycles. The predicted molar refractivity (Wildman–Crippen MR) is 82.0 cm³/mol. The maximum Gasteiger partial charge on any atom is 0.211 e. The van der Waals surface area contributed by atoms with Gasteiger partial charge < -0.3 is 5.32 Å². The van der Waals surface area contributed by atoms with Crippen molar-refractivity contribution in [2.24, 2.45) is 0 Å². The number of hydrogen-bond acceptors (Lipinski definition) is 3. The van der Waals surface area contributed by atoms with Crippen LogP contribution in [0.15, 0.2) is 24.3 Å². The van der Waals surface area contributed by atoms with Crippen molar-refractivity contribution in [3.8, 4) is 0 Å².